The molecule has 3 N–H and O–H groups in total. The van der Waals surface area contributed by atoms with Crippen molar-refractivity contribution in [3.05, 3.63) is 28.2 Å². The van der Waals surface area contributed by atoms with Crippen molar-refractivity contribution in [3.8, 4) is 0 Å². The first kappa shape index (κ1) is 18.2. The van der Waals surface area contributed by atoms with Crippen LogP contribution in [-0.4, -0.2) is 23.6 Å². The van der Waals surface area contributed by atoms with Gasteiger partial charge in [-0.05, 0) is 61.7 Å². The van der Waals surface area contributed by atoms with Gasteiger partial charge in [0.15, 0.2) is 5.11 Å². The van der Waals surface area contributed by atoms with Crippen LogP contribution in [0.2, 0.25) is 0 Å². The normalized spacial score (nSPS) is 20.7. The topological polar surface area (TPSA) is 53.2 Å². The summed E-state index contributed by atoms with van der Waals surface area (Å²) >= 11 is 8.72. The molecule has 0 unspecified atom stereocenters. The molecular formula is C17H24BrN3OS. The van der Waals surface area contributed by atoms with Crippen LogP contribution in [0, 0.1) is 12.8 Å². The molecule has 0 radical (unpaired) electrons. The van der Waals surface area contributed by atoms with Gasteiger partial charge in [-0.25, -0.2) is 0 Å². The number of anilines is 1. The number of thiocarbonyl (C=S) groups is 1. The fourth-order valence-electron chi connectivity index (χ4n) is 2.87. The van der Waals surface area contributed by atoms with Gasteiger partial charge in [0.1, 0.15) is 0 Å². The summed E-state index contributed by atoms with van der Waals surface area (Å²) in [5.74, 6) is 0.527. The number of nitrogens with one attached hydrogen (secondary N) is 3. The largest absolute Gasteiger partial charge is 0.360 e. The number of hydrogen-bond acceptors (Lipinski definition) is 2. The average molecular weight is 398 g/mol. The van der Waals surface area contributed by atoms with Gasteiger partial charge in [0, 0.05) is 16.2 Å². The molecule has 0 spiro atoms. The molecule has 0 saturated heterocycles. The Hall–Kier alpha value is -1.14. The first-order valence-corrected chi connectivity index (χ1v) is 9.26. The van der Waals surface area contributed by atoms with E-state index in [4.69, 9.17) is 12.2 Å². The summed E-state index contributed by atoms with van der Waals surface area (Å²) in [6.45, 7) is 4.38. The van der Waals surface area contributed by atoms with Crippen LogP contribution in [0.1, 0.15) is 38.2 Å². The molecule has 0 heterocycles. The zero-order chi connectivity index (χ0) is 16.8. The lowest BCUT2D eigenvalue weighted by atomic mass is 9.86. The predicted molar refractivity (Wildman–Crippen MR) is 103 cm³/mol. The van der Waals surface area contributed by atoms with E-state index in [2.05, 4.69) is 38.8 Å². The maximum Gasteiger partial charge on any atom is 0.243 e. The Kier molecular flexibility index (Phi) is 6.84. The van der Waals surface area contributed by atoms with Crippen molar-refractivity contribution in [3.63, 3.8) is 0 Å². The van der Waals surface area contributed by atoms with E-state index in [0.29, 0.717) is 17.1 Å². The standard InChI is InChI=1S/C17H24BrN3OS/c1-11-5-3-4-6-14(11)21-17(23)19-10-16(22)20-15-8-7-13(18)9-12(15)2/h7-9,11,14H,3-6,10H2,1-2H3,(H,20,22)(H2,19,21,23)/t11-,14+/m0/s1. The fourth-order valence-corrected chi connectivity index (χ4v) is 3.57. The van der Waals surface area contributed by atoms with E-state index < -0.39 is 0 Å². The third kappa shape index (κ3) is 5.77. The Morgan fingerprint density at radius 3 is 2.78 bits per heavy atom. The van der Waals surface area contributed by atoms with E-state index in [-0.39, 0.29) is 12.5 Å². The van der Waals surface area contributed by atoms with Gasteiger partial charge >= 0.3 is 0 Å². The number of hydrogen-bond donors (Lipinski definition) is 3. The van der Waals surface area contributed by atoms with Gasteiger partial charge in [0.25, 0.3) is 0 Å². The molecule has 1 saturated carbocycles. The van der Waals surface area contributed by atoms with E-state index in [0.717, 1.165) is 22.1 Å². The van der Waals surface area contributed by atoms with Crippen molar-refractivity contribution < 1.29 is 4.79 Å². The summed E-state index contributed by atoms with van der Waals surface area (Å²) < 4.78 is 0.998. The third-order valence-electron chi connectivity index (χ3n) is 4.30. The second kappa shape index (κ2) is 8.64. The molecule has 4 nitrogen and oxygen atoms in total. The minimum absolute atomic E-state index is 0.101. The number of benzene rings is 1. The molecule has 1 aliphatic rings. The highest BCUT2D eigenvalue weighted by atomic mass is 79.9. The molecule has 0 aliphatic heterocycles. The summed E-state index contributed by atoms with van der Waals surface area (Å²) in [7, 11) is 0. The number of amides is 1. The van der Waals surface area contributed by atoms with Crippen LogP contribution >= 0.6 is 28.1 Å². The Balaban J connectivity index is 1.76. The lowest BCUT2D eigenvalue weighted by Gasteiger charge is -2.30. The first-order valence-electron chi connectivity index (χ1n) is 8.06. The Bertz CT molecular complexity index is 579. The molecule has 1 aromatic carbocycles. The smallest absolute Gasteiger partial charge is 0.243 e. The molecule has 6 heteroatoms. The Morgan fingerprint density at radius 2 is 2.09 bits per heavy atom. The second-order valence-electron chi connectivity index (χ2n) is 6.20. The molecule has 0 aromatic heterocycles. The molecule has 1 fully saturated rings. The van der Waals surface area contributed by atoms with Crippen LogP contribution < -0.4 is 16.0 Å². The lowest BCUT2D eigenvalue weighted by molar-refractivity contribution is -0.115. The van der Waals surface area contributed by atoms with E-state index in [1.165, 1.54) is 19.3 Å². The number of carbonyl (C=O) groups is 1. The van der Waals surface area contributed by atoms with Crippen molar-refractivity contribution in [1.29, 1.82) is 0 Å². The van der Waals surface area contributed by atoms with Crippen LogP contribution in [0.5, 0.6) is 0 Å². The summed E-state index contributed by atoms with van der Waals surface area (Å²) in [6.07, 6.45) is 4.93. The maximum atomic E-state index is 12.0. The van der Waals surface area contributed by atoms with Gasteiger partial charge in [-0.2, -0.15) is 0 Å². The van der Waals surface area contributed by atoms with E-state index in [9.17, 15) is 4.79 Å². The highest BCUT2D eigenvalue weighted by Gasteiger charge is 2.21. The van der Waals surface area contributed by atoms with Crippen molar-refractivity contribution in [2.24, 2.45) is 5.92 Å². The van der Waals surface area contributed by atoms with Crippen molar-refractivity contribution in [2.45, 2.75) is 45.6 Å². The van der Waals surface area contributed by atoms with Crippen molar-refractivity contribution in [2.75, 3.05) is 11.9 Å². The minimum Gasteiger partial charge on any atom is -0.360 e. The maximum absolute atomic E-state index is 12.0. The van der Waals surface area contributed by atoms with Crippen LogP contribution in [0.15, 0.2) is 22.7 Å². The van der Waals surface area contributed by atoms with E-state index in [1.807, 2.05) is 25.1 Å². The summed E-state index contributed by atoms with van der Waals surface area (Å²) in [6, 6.07) is 6.19. The molecule has 1 aromatic rings. The van der Waals surface area contributed by atoms with Gasteiger partial charge in [-0.15, -0.1) is 0 Å². The molecular weight excluding hydrogens is 374 g/mol. The van der Waals surface area contributed by atoms with Crippen LogP contribution in [0.4, 0.5) is 5.69 Å². The predicted octanol–water partition coefficient (Wildman–Crippen LogP) is 3.74. The highest BCUT2D eigenvalue weighted by Crippen LogP contribution is 2.23. The van der Waals surface area contributed by atoms with Crippen molar-refractivity contribution in [1.82, 2.24) is 10.6 Å². The van der Waals surface area contributed by atoms with Gasteiger partial charge < -0.3 is 16.0 Å². The Labute approximate surface area is 151 Å². The Morgan fingerprint density at radius 1 is 1.35 bits per heavy atom. The molecule has 2 atom stereocenters. The highest BCUT2D eigenvalue weighted by molar-refractivity contribution is 9.10. The molecule has 1 aliphatic carbocycles. The number of halogens is 1. The van der Waals surface area contributed by atoms with E-state index in [1.54, 1.807) is 0 Å². The van der Waals surface area contributed by atoms with Gasteiger partial charge in [0.05, 0.1) is 6.54 Å². The van der Waals surface area contributed by atoms with Crippen LogP contribution in [0.25, 0.3) is 0 Å². The molecule has 2 rings (SSSR count). The quantitative estimate of drug-likeness (QED) is 0.677. The molecule has 126 valence electrons. The molecule has 1 amide bonds. The summed E-state index contributed by atoms with van der Waals surface area (Å²) in [5.41, 5.74) is 1.84. The monoisotopic (exact) mass is 397 g/mol. The zero-order valence-corrected chi connectivity index (χ0v) is 16.0. The van der Waals surface area contributed by atoms with Gasteiger partial charge in [-0.3, -0.25) is 4.79 Å². The van der Waals surface area contributed by atoms with Crippen LogP contribution in [0.3, 0.4) is 0 Å². The fraction of sp³-hybridized carbons (Fsp3) is 0.529. The zero-order valence-electron chi connectivity index (χ0n) is 13.6. The minimum atomic E-state index is -0.101. The molecule has 23 heavy (non-hydrogen) atoms. The van der Waals surface area contributed by atoms with E-state index >= 15 is 0 Å². The summed E-state index contributed by atoms with van der Waals surface area (Å²) in [5, 5.41) is 9.80. The average Bonchev–Trinajstić information content (AvgIpc) is 2.50. The number of carbonyl (C=O) groups excluding carboxylic acids is 1. The molecule has 0 bridgehead atoms. The van der Waals surface area contributed by atoms with Crippen molar-refractivity contribution >= 4 is 44.9 Å². The number of aryl methyl sites for hydroxylation is 1. The van der Waals surface area contributed by atoms with Crippen LogP contribution in [-0.2, 0) is 4.79 Å². The second-order valence-corrected chi connectivity index (χ2v) is 7.53. The van der Waals surface area contributed by atoms with Gasteiger partial charge in [0.2, 0.25) is 5.91 Å². The first-order chi connectivity index (χ1) is 11.0. The lowest BCUT2D eigenvalue weighted by Crippen LogP contribution is -2.47. The SMILES string of the molecule is Cc1cc(Br)ccc1NC(=O)CNC(=S)N[C@@H]1CCCC[C@@H]1C. The third-order valence-corrected chi connectivity index (χ3v) is 5.06. The summed E-state index contributed by atoms with van der Waals surface area (Å²) in [4.78, 5) is 12.0. The number of rotatable bonds is 4. The van der Waals surface area contributed by atoms with Gasteiger partial charge in [-0.1, -0.05) is 35.7 Å².